The van der Waals surface area contributed by atoms with Crippen LogP contribution in [0.4, 0.5) is 0 Å². The van der Waals surface area contributed by atoms with Gasteiger partial charge in [0.1, 0.15) is 11.3 Å². The highest BCUT2D eigenvalue weighted by Crippen LogP contribution is 2.27. The number of imidazole rings is 1. The van der Waals surface area contributed by atoms with Gasteiger partial charge in [-0.15, -0.1) is 0 Å². The van der Waals surface area contributed by atoms with Gasteiger partial charge in [-0.05, 0) is 31.2 Å². The lowest BCUT2D eigenvalue weighted by molar-refractivity contribution is 0.725. The Kier molecular flexibility index (Phi) is 2.97. The highest BCUT2D eigenvalue weighted by Gasteiger charge is 2.17. The quantitative estimate of drug-likeness (QED) is 0.780. The van der Waals surface area contributed by atoms with Crippen LogP contribution in [0.2, 0.25) is 5.02 Å². The predicted molar refractivity (Wildman–Crippen MR) is 76.5 cm³/mol. The Balaban J connectivity index is 2.38. The summed E-state index contributed by atoms with van der Waals surface area (Å²) in [6, 6.07) is 11.2. The summed E-state index contributed by atoms with van der Waals surface area (Å²) in [5.41, 5.74) is 8.44. The number of nitrogens with zero attached hydrogens (tertiary/aromatic N) is 3. The van der Waals surface area contributed by atoms with Crippen LogP contribution in [-0.2, 0) is 0 Å². The molecule has 1 unspecified atom stereocenters. The molecule has 2 N–H and O–H groups in total. The zero-order valence-electron chi connectivity index (χ0n) is 10.4. The molecule has 1 aromatic carbocycles. The lowest BCUT2D eigenvalue weighted by Gasteiger charge is -2.12. The molecule has 4 nitrogen and oxygen atoms in total. The maximum atomic E-state index is 6.28. The zero-order chi connectivity index (χ0) is 13.4. The Hall–Kier alpha value is -1.91. The number of aromatic nitrogens is 3. The van der Waals surface area contributed by atoms with E-state index in [1.807, 2.05) is 47.9 Å². The molecule has 0 aliphatic heterocycles. The molecule has 2 aromatic heterocycles. The number of hydrogen-bond acceptors (Lipinski definition) is 3. The number of hydrogen-bond donors (Lipinski definition) is 1. The summed E-state index contributed by atoms with van der Waals surface area (Å²) in [4.78, 5) is 8.93. The molecule has 19 heavy (non-hydrogen) atoms. The average Bonchev–Trinajstić information content (AvgIpc) is 2.79. The van der Waals surface area contributed by atoms with Crippen molar-refractivity contribution in [3.05, 3.63) is 53.4 Å². The maximum absolute atomic E-state index is 6.28. The van der Waals surface area contributed by atoms with Gasteiger partial charge in [-0.3, -0.25) is 4.57 Å². The van der Waals surface area contributed by atoms with Gasteiger partial charge in [0.25, 0.3) is 0 Å². The topological polar surface area (TPSA) is 56.7 Å². The van der Waals surface area contributed by atoms with Crippen LogP contribution in [0.15, 0.2) is 42.6 Å². The molecule has 0 spiro atoms. The van der Waals surface area contributed by atoms with Crippen molar-refractivity contribution in [1.29, 1.82) is 0 Å². The lowest BCUT2D eigenvalue weighted by atomic mass is 10.3. The van der Waals surface area contributed by atoms with Gasteiger partial charge in [0, 0.05) is 6.20 Å². The van der Waals surface area contributed by atoms with Crippen LogP contribution >= 0.6 is 11.6 Å². The summed E-state index contributed by atoms with van der Waals surface area (Å²) in [6.07, 6.45) is 1.74. The number of fused-ring (bicyclic) bond motifs is 1. The Labute approximate surface area is 115 Å². The molecule has 0 radical (unpaired) electrons. The van der Waals surface area contributed by atoms with E-state index in [1.54, 1.807) is 6.20 Å². The molecule has 0 bridgehead atoms. The third kappa shape index (κ3) is 1.99. The summed E-state index contributed by atoms with van der Waals surface area (Å²) in [5.74, 6) is 0.752. The minimum atomic E-state index is -0.203. The summed E-state index contributed by atoms with van der Waals surface area (Å²) < 4.78 is 1.92. The van der Waals surface area contributed by atoms with Gasteiger partial charge in [-0.25, -0.2) is 9.97 Å². The highest BCUT2D eigenvalue weighted by molar-refractivity contribution is 6.32. The Morgan fingerprint density at radius 2 is 2.00 bits per heavy atom. The smallest absolute Gasteiger partial charge is 0.164 e. The number of para-hydroxylation sites is 1. The first-order valence-electron chi connectivity index (χ1n) is 6.02. The van der Waals surface area contributed by atoms with Crippen LogP contribution < -0.4 is 5.73 Å². The molecule has 0 saturated heterocycles. The molecular formula is C14H13ClN4. The lowest BCUT2D eigenvalue weighted by Crippen LogP contribution is -2.13. The number of benzene rings is 1. The molecule has 0 amide bonds. The molecule has 96 valence electrons. The van der Waals surface area contributed by atoms with Crippen molar-refractivity contribution in [1.82, 2.24) is 14.5 Å². The molecule has 1 atom stereocenters. The SMILES string of the molecule is CC(N)c1nc2cccnc2n1-c1ccccc1Cl. The van der Waals surface area contributed by atoms with E-state index >= 15 is 0 Å². The normalized spacial score (nSPS) is 12.8. The second-order valence-corrected chi connectivity index (χ2v) is 4.80. The van der Waals surface area contributed by atoms with Gasteiger partial charge in [0.2, 0.25) is 0 Å². The molecule has 2 heterocycles. The number of halogens is 1. The van der Waals surface area contributed by atoms with E-state index in [-0.39, 0.29) is 6.04 Å². The third-order valence-electron chi connectivity index (χ3n) is 2.94. The van der Waals surface area contributed by atoms with E-state index in [9.17, 15) is 0 Å². The van der Waals surface area contributed by atoms with Crippen molar-refractivity contribution in [2.75, 3.05) is 0 Å². The van der Waals surface area contributed by atoms with E-state index in [2.05, 4.69) is 9.97 Å². The van der Waals surface area contributed by atoms with E-state index < -0.39 is 0 Å². The van der Waals surface area contributed by atoms with Gasteiger partial charge >= 0.3 is 0 Å². The van der Waals surface area contributed by atoms with Crippen LogP contribution in [0.5, 0.6) is 0 Å². The van der Waals surface area contributed by atoms with Gasteiger partial charge in [-0.1, -0.05) is 23.7 Å². The molecule has 3 aromatic rings. The van der Waals surface area contributed by atoms with Gasteiger partial charge < -0.3 is 5.73 Å². The van der Waals surface area contributed by atoms with E-state index in [0.717, 1.165) is 22.7 Å². The minimum Gasteiger partial charge on any atom is -0.322 e. The van der Waals surface area contributed by atoms with Gasteiger partial charge in [-0.2, -0.15) is 0 Å². The van der Waals surface area contributed by atoms with Crippen molar-refractivity contribution in [3.8, 4) is 5.69 Å². The van der Waals surface area contributed by atoms with Crippen LogP contribution in [0.1, 0.15) is 18.8 Å². The van der Waals surface area contributed by atoms with E-state index in [4.69, 9.17) is 17.3 Å². The van der Waals surface area contributed by atoms with Gasteiger partial charge in [0.15, 0.2) is 5.65 Å². The Morgan fingerprint density at radius 1 is 1.21 bits per heavy atom. The van der Waals surface area contributed by atoms with Crippen molar-refractivity contribution < 1.29 is 0 Å². The monoisotopic (exact) mass is 272 g/mol. The van der Waals surface area contributed by atoms with Crippen LogP contribution in [0.3, 0.4) is 0 Å². The maximum Gasteiger partial charge on any atom is 0.164 e. The van der Waals surface area contributed by atoms with Crippen LogP contribution in [-0.4, -0.2) is 14.5 Å². The molecule has 0 saturated carbocycles. The van der Waals surface area contributed by atoms with Gasteiger partial charge in [0.05, 0.1) is 16.8 Å². The van der Waals surface area contributed by atoms with E-state index in [0.29, 0.717) is 5.02 Å². The van der Waals surface area contributed by atoms with Crippen molar-refractivity contribution >= 4 is 22.8 Å². The third-order valence-corrected chi connectivity index (χ3v) is 3.26. The van der Waals surface area contributed by atoms with Crippen LogP contribution in [0.25, 0.3) is 16.9 Å². The highest BCUT2D eigenvalue weighted by atomic mass is 35.5. The number of pyridine rings is 1. The largest absolute Gasteiger partial charge is 0.322 e. The fourth-order valence-electron chi connectivity index (χ4n) is 2.11. The first kappa shape index (κ1) is 12.1. The van der Waals surface area contributed by atoms with Crippen molar-refractivity contribution in [2.24, 2.45) is 5.73 Å². The first-order chi connectivity index (χ1) is 9.18. The summed E-state index contributed by atoms with van der Waals surface area (Å²) in [7, 11) is 0. The fraction of sp³-hybridized carbons (Fsp3) is 0.143. The Bertz CT molecular complexity index is 733. The molecule has 3 rings (SSSR count). The summed E-state index contributed by atoms with van der Waals surface area (Å²) in [5, 5.41) is 0.648. The minimum absolute atomic E-state index is 0.203. The second-order valence-electron chi connectivity index (χ2n) is 4.39. The number of rotatable bonds is 2. The van der Waals surface area contributed by atoms with Crippen LogP contribution in [0, 0.1) is 0 Å². The predicted octanol–water partition coefficient (Wildman–Crippen LogP) is 3.09. The molecule has 0 aliphatic carbocycles. The first-order valence-corrected chi connectivity index (χ1v) is 6.40. The molecule has 5 heteroatoms. The zero-order valence-corrected chi connectivity index (χ0v) is 11.2. The van der Waals surface area contributed by atoms with Crippen molar-refractivity contribution in [2.45, 2.75) is 13.0 Å². The van der Waals surface area contributed by atoms with Crippen molar-refractivity contribution in [3.63, 3.8) is 0 Å². The average molecular weight is 273 g/mol. The standard InChI is InChI=1S/C14H13ClN4/c1-9(16)13-18-11-6-4-8-17-14(11)19(13)12-7-3-2-5-10(12)15/h2-9H,16H2,1H3. The molecular weight excluding hydrogens is 260 g/mol. The second kappa shape index (κ2) is 4.64. The number of nitrogens with two attached hydrogens (primary N) is 1. The summed E-state index contributed by atoms with van der Waals surface area (Å²) in [6.45, 7) is 1.90. The van der Waals surface area contributed by atoms with E-state index in [1.165, 1.54) is 0 Å². The summed E-state index contributed by atoms with van der Waals surface area (Å²) >= 11 is 6.28. The molecule has 0 aliphatic rings. The fourth-order valence-corrected chi connectivity index (χ4v) is 2.33. The Morgan fingerprint density at radius 3 is 2.74 bits per heavy atom. The molecule has 0 fully saturated rings.